The van der Waals surface area contributed by atoms with Gasteiger partial charge < -0.3 is 29.9 Å². The van der Waals surface area contributed by atoms with Gasteiger partial charge in [-0.3, -0.25) is 14.9 Å². The fraction of sp³-hybridized carbons (Fsp3) is 0.348. The number of carboxylic acid groups (broad SMARTS) is 2. The first-order chi connectivity index (χ1) is 17.2. The van der Waals surface area contributed by atoms with Crippen LogP contribution in [0.1, 0.15) is 33.7 Å². The highest BCUT2D eigenvalue weighted by molar-refractivity contribution is 7.14. The molecule has 1 aromatic carbocycles. The standard InChI is InChI=1S/C19H24N4O4S.C4H4O4/c1-26-15-6-5-13(11-16(15)27-2)17(24)22-19-21-14(12-28-19)18(25)20-7-10-23-8-3-4-9-23;5-3(6)1-2-4(7)8/h5-6,11-12H,3-4,7-10H2,1-2H3,(H,20,25)(H,21,22,24);1-2H,(H,5,6)(H,7,8)/b;2-1-. The molecule has 4 N–H and O–H groups in total. The van der Waals surface area contributed by atoms with Gasteiger partial charge in [0.15, 0.2) is 16.6 Å². The minimum atomic E-state index is -1.26. The number of anilines is 1. The van der Waals surface area contributed by atoms with Crippen LogP contribution in [0, 0.1) is 0 Å². The second-order valence-corrected chi connectivity index (χ2v) is 8.23. The highest BCUT2D eigenvalue weighted by Crippen LogP contribution is 2.28. The molecule has 0 saturated carbocycles. The summed E-state index contributed by atoms with van der Waals surface area (Å²) in [6, 6.07) is 4.89. The molecule has 36 heavy (non-hydrogen) atoms. The van der Waals surface area contributed by atoms with Crippen LogP contribution in [0.15, 0.2) is 35.7 Å². The SMILES string of the molecule is COc1ccc(C(=O)Nc2nc(C(=O)NCCN3CCCC3)cs2)cc1OC.O=C(O)/C=C\C(=O)O. The number of rotatable bonds is 10. The van der Waals surface area contributed by atoms with Gasteiger partial charge in [-0.05, 0) is 44.1 Å². The third-order valence-electron chi connectivity index (χ3n) is 4.88. The Balaban J connectivity index is 0.000000493. The summed E-state index contributed by atoms with van der Waals surface area (Å²) in [5, 5.41) is 23.2. The molecule has 0 aliphatic carbocycles. The molecule has 0 atom stereocenters. The van der Waals surface area contributed by atoms with Crippen LogP contribution in [-0.2, 0) is 9.59 Å². The molecule has 1 fully saturated rings. The van der Waals surface area contributed by atoms with Crippen LogP contribution in [0.3, 0.4) is 0 Å². The summed E-state index contributed by atoms with van der Waals surface area (Å²) in [6.07, 6.45) is 3.57. The molecule has 13 heteroatoms. The van der Waals surface area contributed by atoms with E-state index in [9.17, 15) is 19.2 Å². The van der Waals surface area contributed by atoms with E-state index in [4.69, 9.17) is 19.7 Å². The van der Waals surface area contributed by atoms with E-state index < -0.39 is 11.9 Å². The van der Waals surface area contributed by atoms with Gasteiger partial charge in [0.25, 0.3) is 11.8 Å². The molecule has 2 aromatic rings. The lowest BCUT2D eigenvalue weighted by Gasteiger charge is -2.14. The molecule has 12 nitrogen and oxygen atoms in total. The molecular weight excluding hydrogens is 492 g/mol. The van der Waals surface area contributed by atoms with Crippen LogP contribution >= 0.6 is 11.3 Å². The Morgan fingerprint density at radius 1 is 1.03 bits per heavy atom. The van der Waals surface area contributed by atoms with Crippen molar-refractivity contribution in [1.29, 1.82) is 0 Å². The van der Waals surface area contributed by atoms with Gasteiger partial charge in [0, 0.05) is 36.2 Å². The van der Waals surface area contributed by atoms with E-state index in [2.05, 4.69) is 20.5 Å². The summed E-state index contributed by atoms with van der Waals surface area (Å²) in [4.78, 5) is 50.3. The van der Waals surface area contributed by atoms with Crippen molar-refractivity contribution >= 4 is 40.2 Å². The summed E-state index contributed by atoms with van der Waals surface area (Å²) in [7, 11) is 3.04. The summed E-state index contributed by atoms with van der Waals surface area (Å²) in [5.74, 6) is -2.08. The Morgan fingerprint density at radius 2 is 1.67 bits per heavy atom. The van der Waals surface area contributed by atoms with Crippen LogP contribution in [0.4, 0.5) is 5.13 Å². The van der Waals surface area contributed by atoms with E-state index in [1.54, 1.807) is 23.6 Å². The van der Waals surface area contributed by atoms with Crippen molar-refractivity contribution in [3.63, 3.8) is 0 Å². The van der Waals surface area contributed by atoms with Crippen LogP contribution in [0.5, 0.6) is 11.5 Å². The molecule has 2 amide bonds. The van der Waals surface area contributed by atoms with Crippen LogP contribution < -0.4 is 20.1 Å². The lowest BCUT2D eigenvalue weighted by molar-refractivity contribution is -0.134. The van der Waals surface area contributed by atoms with Gasteiger partial charge in [0.1, 0.15) is 5.69 Å². The van der Waals surface area contributed by atoms with Gasteiger partial charge in [0.05, 0.1) is 14.2 Å². The summed E-state index contributed by atoms with van der Waals surface area (Å²) >= 11 is 1.21. The van der Waals surface area contributed by atoms with Gasteiger partial charge in [-0.2, -0.15) is 0 Å². The molecule has 1 aliphatic rings. The van der Waals surface area contributed by atoms with Crippen LogP contribution in [-0.4, -0.2) is 84.2 Å². The molecule has 0 bridgehead atoms. The number of benzene rings is 1. The number of thiazole rings is 1. The van der Waals surface area contributed by atoms with Gasteiger partial charge in [0.2, 0.25) is 0 Å². The number of carboxylic acids is 2. The quantitative estimate of drug-likeness (QED) is 0.340. The average molecular weight is 521 g/mol. The lowest BCUT2D eigenvalue weighted by Crippen LogP contribution is -2.33. The number of hydrogen-bond acceptors (Lipinski definition) is 9. The first-order valence-electron chi connectivity index (χ1n) is 10.9. The van der Waals surface area contributed by atoms with E-state index in [0.717, 1.165) is 19.6 Å². The number of nitrogens with one attached hydrogen (secondary N) is 2. The minimum Gasteiger partial charge on any atom is -0.493 e. The van der Waals surface area contributed by atoms with E-state index >= 15 is 0 Å². The average Bonchev–Trinajstić information content (AvgIpc) is 3.55. The van der Waals surface area contributed by atoms with Crippen molar-refractivity contribution in [1.82, 2.24) is 15.2 Å². The second-order valence-electron chi connectivity index (χ2n) is 7.38. The fourth-order valence-corrected chi connectivity index (χ4v) is 3.83. The second kappa shape index (κ2) is 14.4. The number of aliphatic carboxylic acids is 2. The Labute approximate surface area is 211 Å². The molecule has 0 spiro atoms. The zero-order valence-corrected chi connectivity index (χ0v) is 20.7. The van der Waals surface area contributed by atoms with Gasteiger partial charge in [-0.1, -0.05) is 0 Å². The van der Waals surface area contributed by atoms with E-state index in [1.807, 2.05) is 0 Å². The predicted molar refractivity (Wildman–Crippen MR) is 132 cm³/mol. The number of methoxy groups -OCH3 is 2. The minimum absolute atomic E-state index is 0.234. The number of amides is 2. The Morgan fingerprint density at radius 3 is 2.25 bits per heavy atom. The van der Waals surface area contributed by atoms with Crippen LogP contribution in [0.25, 0.3) is 0 Å². The molecule has 0 unspecified atom stereocenters. The molecule has 1 aliphatic heterocycles. The number of carbonyl (C=O) groups is 4. The van der Waals surface area contributed by atoms with Gasteiger partial charge in [-0.15, -0.1) is 11.3 Å². The number of likely N-dealkylation sites (tertiary alicyclic amines) is 1. The fourth-order valence-electron chi connectivity index (χ4n) is 3.15. The van der Waals surface area contributed by atoms with Gasteiger partial charge >= 0.3 is 11.9 Å². The smallest absolute Gasteiger partial charge is 0.328 e. The Hall–Kier alpha value is -3.97. The first-order valence-corrected chi connectivity index (χ1v) is 11.7. The zero-order valence-electron chi connectivity index (χ0n) is 19.9. The Bertz CT molecular complexity index is 1080. The maximum atomic E-state index is 12.4. The van der Waals surface area contributed by atoms with E-state index in [-0.39, 0.29) is 11.8 Å². The summed E-state index contributed by atoms with van der Waals surface area (Å²) in [5.41, 5.74) is 0.707. The Kier molecular flexibility index (Phi) is 11.3. The normalized spacial score (nSPS) is 12.9. The zero-order chi connectivity index (χ0) is 26.5. The van der Waals surface area contributed by atoms with Gasteiger partial charge in [-0.25, -0.2) is 14.6 Å². The molecule has 2 heterocycles. The highest BCUT2D eigenvalue weighted by Gasteiger charge is 2.16. The van der Waals surface area contributed by atoms with Crippen molar-refractivity contribution in [2.75, 3.05) is 45.7 Å². The molecule has 3 rings (SSSR count). The van der Waals surface area contributed by atoms with Crippen LogP contribution in [0.2, 0.25) is 0 Å². The molecule has 1 aromatic heterocycles. The van der Waals surface area contributed by atoms with E-state index in [1.165, 1.54) is 38.4 Å². The lowest BCUT2D eigenvalue weighted by atomic mass is 10.2. The van der Waals surface area contributed by atoms with Crippen molar-refractivity contribution in [3.8, 4) is 11.5 Å². The van der Waals surface area contributed by atoms with E-state index in [0.29, 0.717) is 46.6 Å². The van der Waals surface area contributed by atoms with Crippen molar-refractivity contribution in [2.24, 2.45) is 0 Å². The number of aromatic nitrogens is 1. The first kappa shape index (κ1) is 28.3. The summed E-state index contributed by atoms with van der Waals surface area (Å²) < 4.78 is 10.4. The highest BCUT2D eigenvalue weighted by atomic mass is 32.1. The number of ether oxygens (including phenoxy) is 2. The largest absolute Gasteiger partial charge is 0.493 e. The molecular formula is C23H28N4O8S. The molecule has 0 radical (unpaired) electrons. The van der Waals surface area contributed by atoms with Crippen molar-refractivity contribution in [3.05, 3.63) is 47.0 Å². The van der Waals surface area contributed by atoms with Crippen molar-refractivity contribution < 1.29 is 38.9 Å². The monoisotopic (exact) mass is 520 g/mol. The predicted octanol–water partition coefficient (Wildman–Crippen LogP) is 1.95. The third-order valence-corrected chi connectivity index (χ3v) is 5.64. The summed E-state index contributed by atoms with van der Waals surface area (Å²) in [6.45, 7) is 3.63. The number of hydrogen-bond donors (Lipinski definition) is 4. The molecule has 194 valence electrons. The number of carbonyl (C=O) groups excluding carboxylic acids is 2. The number of nitrogens with zero attached hydrogens (tertiary/aromatic N) is 2. The molecule has 1 saturated heterocycles. The maximum absolute atomic E-state index is 12.4. The topological polar surface area (TPSA) is 167 Å². The third kappa shape index (κ3) is 9.35. The van der Waals surface area contributed by atoms with Crippen molar-refractivity contribution in [2.45, 2.75) is 12.8 Å². The maximum Gasteiger partial charge on any atom is 0.328 e.